The molecule has 0 radical (unpaired) electrons. The maximum absolute atomic E-state index is 14.1. The Bertz CT molecular complexity index is 1490. The van der Waals surface area contributed by atoms with Gasteiger partial charge in [0.1, 0.15) is 0 Å². The van der Waals surface area contributed by atoms with Gasteiger partial charge in [-0.3, -0.25) is 9.59 Å². The first-order chi connectivity index (χ1) is 18.5. The van der Waals surface area contributed by atoms with Gasteiger partial charge < -0.3 is 0 Å². The van der Waals surface area contributed by atoms with Crippen LogP contribution in [0.4, 0.5) is 11.4 Å². The fraction of sp³-hybridized carbons (Fsp3) is 0.290. The number of hydrazone groups is 2. The predicted molar refractivity (Wildman–Crippen MR) is 159 cm³/mol. The zero-order valence-electron chi connectivity index (χ0n) is 22.8. The van der Waals surface area contributed by atoms with Crippen LogP contribution in [0.15, 0.2) is 64.8 Å². The Morgan fingerprint density at radius 1 is 0.641 bits per heavy atom. The highest BCUT2D eigenvalue weighted by Crippen LogP contribution is 2.45. The smallest absolute Gasteiger partial charge is 0.256 e. The Kier molecular flexibility index (Phi) is 7.12. The molecule has 39 heavy (non-hydrogen) atoms. The van der Waals surface area contributed by atoms with E-state index in [0.717, 1.165) is 22.3 Å². The lowest BCUT2D eigenvalue weighted by atomic mass is 9.73. The highest BCUT2D eigenvalue weighted by molar-refractivity contribution is 6.35. The molecule has 2 amide bonds. The summed E-state index contributed by atoms with van der Waals surface area (Å²) in [6.07, 6.45) is 0. The summed E-state index contributed by atoms with van der Waals surface area (Å²) in [7, 11) is 0. The second kappa shape index (κ2) is 10.2. The fourth-order valence-electron chi connectivity index (χ4n) is 5.39. The van der Waals surface area contributed by atoms with Gasteiger partial charge in [0.15, 0.2) is 0 Å². The Labute approximate surface area is 238 Å². The lowest BCUT2D eigenvalue weighted by Gasteiger charge is -2.29. The molecule has 0 saturated heterocycles. The zero-order chi connectivity index (χ0) is 28.2. The van der Waals surface area contributed by atoms with Gasteiger partial charge in [-0.1, -0.05) is 41.4 Å². The molecule has 3 aromatic rings. The predicted octanol–water partition coefficient (Wildman–Crippen LogP) is 7.39. The van der Waals surface area contributed by atoms with E-state index in [1.807, 2.05) is 77.9 Å². The Morgan fingerprint density at radius 3 is 1.51 bits per heavy atom. The molecule has 0 unspecified atom stereocenters. The van der Waals surface area contributed by atoms with Crippen molar-refractivity contribution in [3.8, 4) is 0 Å². The van der Waals surface area contributed by atoms with Crippen molar-refractivity contribution >= 4 is 57.8 Å². The van der Waals surface area contributed by atoms with E-state index in [1.165, 1.54) is 10.0 Å². The highest BCUT2D eigenvalue weighted by atomic mass is 35.5. The number of benzene rings is 3. The van der Waals surface area contributed by atoms with Crippen molar-refractivity contribution in [2.24, 2.45) is 22.0 Å². The molecule has 2 aliphatic rings. The molecule has 3 aromatic carbocycles. The summed E-state index contributed by atoms with van der Waals surface area (Å²) < 4.78 is 0. The summed E-state index contributed by atoms with van der Waals surface area (Å²) in [5.74, 6) is -2.49. The van der Waals surface area contributed by atoms with Gasteiger partial charge in [0.25, 0.3) is 11.8 Å². The maximum atomic E-state index is 14.1. The van der Waals surface area contributed by atoms with E-state index >= 15 is 0 Å². The van der Waals surface area contributed by atoms with Crippen molar-refractivity contribution in [2.75, 3.05) is 10.0 Å². The summed E-state index contributed by atoms with van der Waals surface area (Å²) in [6.45, 7) is 11.7. The number of nitrogens with zero attached hydrogens (tertiary/aromatic N) is 4. The van der Waals surface area contributed by atoms with Gasteiger partial charge >= 0.3 is 0 Å². The molecule has 0 bridgehead atoms. The summed E-state index contributed by atoms with van der Waals surface area (Å²) in [5.41, 5.74) is 7.63. The number of anilines is 2. The molecule has 2 atom stereocenters. The van der Waals surface area contributed by atoms with Crippen molar-refractivity contribution in [1.82, 2.24) is 0 Å². The lowest BCUT2D eigenvalue weighted by Crippen LogP contribution is -2.40. The topological polar surface area (TPSA) is 65.3 Å². The van der Waals surface area contributed by atoms with Crippen LogP contribution in [-0.2, 0) is 9.59 Å². The van der Waals surface area contributed by atoms with Crippen LogP contribution in [0.3, 0.4) is 0 Å². The van der Waals surface area contributed by atoms with Crippen LogP contribution >= 0.6 is 23.2 Å². The van der Waals surface area contributed by atoms with E-state index in [4.69, 9.17) is 23.2 Å². The van der Waals surface area contributed by atoms with Crippen molar-refractivity contribution < 1.29 is 9.59 Å². The first-order valence-corrected chi connectivity index (χ1v) is 13.6. The highest BCUT2D eigenvalue weighted by Gasteiger charge is 2.50. The number of carbonyl (C=O) groups is 2. The minimum atomic E-state index is -0.718. The van der Waals surface area contributed by atoms with Gasteiger partial charge in [0.05, 0.1) is 23.2 Å². The molecule has 0 saturated carbocycles. The summed E-state index contributed by atoms with van der Waals surface area (Å²) in [5, 5.41) is 13.1. The zero-order valence-corrected chi connectivity index (χ0v) is 24.3. The average Bonchev–Trinajstić information content (AvgIpc) is 3.34. The van der Waals surface area contributed by atoms with Gasteiger partial charge in [-0.2, -0.15) is 10.2 Å². The third-order valence-corrected chi connectivity index (χ3v) is 8.44. The summed E-state index contributed by atoms with van der Waals surface area (Å²) >= 11 is 13.0. The molecule has 0 aliphatic carbocycles. The second-order valence-corrected chi connectivity index (χ2v) is 11.3. The van der Waals surface area contributed by atoms with Gasteiger partial charge in [-0.05, 0) is 106 Å². The molecule has 200 valence electrons. The second-order valence-electron chi connectivity index (χ2n) is 10.5. The Morgan fingerprint density at radius 2 is 1.10 bits per heavy atom. The standard InChI is InChI=1S/C31H30Cl2N4O2/c1-16-7-10-23(13-18(16)3)36-30(38)27(20(5)34-36)29(25-12-9-22(32)15-26(25)33)28-21(6)35-37(31(28)39)24-11-8-17(2)19(4)14-24/h7-15,27-29H,1-6H3/t27-,28-/m1/s1. The number of carbonyl (C=O) groups excluding carboxylic acids is 2. The van der Waals surface area contributed by atoms with Gasteiger partial charge in [-0.25, -0.2) is 10.0 Å². The van der Waals surface area contributed by atoms with Crippen LogP contribution < -0.4 is 10.0 Å². The normalized spacial score (nSPS) is 19.3. The quantitative estimate of drug-likeness (QED) is 0.326. The van der Waals surface area contributed by atoms with E-state index in [1.54, 1.807) is 18.2 Å². The minimum Gasteiger partial charge on any atom is -0.272 e. The number of aryl methyl sites for hydroxylation is 4. The molecule has 6 nitrogen and oxygen atoms in total. The van der Waals surface area contributed by atoms with Gasteiger partial charge in [0, 0.05) is 27.4 Å². The van der Waals surface area contributed by atoms with Crippen molar-refractivity contribution in [3.05, 3.63) is 92.5 Å². The van der Waals surface area contributed by atoms with Crippen LogP contribution in [0.5, 0.6) is 0 Å². The fourth-order valence-corrected chi connectivity index (χ4v) is 5.93. The molecular weight excluding hydrogens is 531 g/mol. The van der Waals surface area contributed by atoms with Crippen LogP contribution in [-0.4, -0.2) is 23.2 Å². The number of rotatable bonds is 5. The average molecular weight is 562 g/mol. The number of hydrogen-bond acceptors (Lipinski definition) is 4. The third kappa shape index (κ3) is 4.77. The molecule has 5 rings (SSSR count). The molecule has 0 fully saturated rings. The molecular formula is C31H30Cl2N4O2. The first-order valence-electron chi connectivity index (χ1n) is 12.9. The summed E-state index contributed by atoms with van der Waals surface area (Å²) in [6, 6.07) is 16.8. The van der Waals surface area contributed by atoms with Crippen LogP contribution in [0.2, 0.25) is 10.0 Å². The minimum absolute atomic E-state index is 0.211. The molecule has 0 N–H and O–H groups in total. The van der Waals surface area contributed by atoms with Gasteiger partial charge in [-0.15, -0.1) is 0 Å². The first kappa shape index (κ1) is 27.1. The van der Waals surface area contributed by atoms with E-state index in [0.29, 0.717) is 38.4 Å². The van der Waals surface area contributed by atoms with E-state index in [-0.39, 0.29) is 11.8 Å². The van der Waals surface area contributed by atoms with Crippen LogP contribution in [0.1, 0.15) is 47.6 Å². The van der Waals surface area contributed by atoms with E-state index in [9.17, 15) is 9.59 Å². The Hall–Kier alpha value is -3.48. The van der Waals surface area contributed by atoms with Crippen molar-refractivity contribution in [3.63, 3.8) is 0 Å². The third-order valence-electron chi connectivity index (χ3n) is 7.88. The van der Waals surface area contributed by atoms with Crippen molar-refractivity contribution in [1.29, 1.82) is 0 Å². The molecule has 0 spiro atoms. The van der Waals surface area contributed by atoms with Crippen molar-refractivity contribution in [2.45, 2.75) is 47.5 Å². The number of halogens is 2. The summed E-state index contributed by atoms with van der Waals surface area (Å²) in [4.78, 5) is 28.2. The lowest BCUT2D eigenvalue weighted by molar-refractivity contribution is -0.122. The van der Waals surface area contributed by atoms with Gasteiger partial charge in [0.2, 0.25) is 0 Å². The van der Waals surface area contributed by atoms with Crippen LogP contribution in [0, 0.1) is 39.5 Å². The SMILES string of the molecule is CC1=NN(c2ccc(C)c(C)c2)C(=O)[C@H]1C(c1ccc(Cl)cc1Cl)[C@@H]1C(=O)N(c2ccc(C)c(C)c2)N=C1C. The molecule has 0 aromatic heterocycles. The number of amides is 2. The van der Waals surface area contributed by atoms with E-state index in [2.05, 4.69) is 10.2 Å². The van der Waals surface area contributed by atoms with E-state index < -0.39 is 17.8 Å². The molecule has 2 aliphatic heterocycles. The van der Waals surface area contributed by atoms with Crippen LogP contribution in [0.25, 0.3) is 0 Å². The monoisotopic (exact) mass is 560 g/mol. The largest absolute Gasteiger partial charge is 0.272 e. The molecule has 8 heteroatoms. The maximum Gasteiger partial charge on any atom is 0.256 e. The number of hydrogen-bond donors (Lipinski definition) is 0. The Balaban J connectivity index is 1.60. The molecule has 2 heterocycles.